The number of aliphatic imine (C=N–C) groups is 1. The Morgan fingerprint density at radius 1 is 1.41 bits per heavy atom. The van der Waals surface area contributed by atoms with Crippen molar-refractivity contribution in [2.24, 2.45) is 4.99 Å². The third-order valence-corrected chi connectivity index (χ3v) is 5.04. The molecule has 1 aromatic heterocycles. The number of nitrogens with zero attached hydrogens (tertiary/aromatic N) is 1. The van der Waals surface area contributed by atoms with Gasteiger partial charge in [0.05, 0.1) is 4.51 Å². The molecule has 0 aliphatic heterocycles. The van der Waals surface area contributed by atoms with Gasteiger partial charge in [-0.05, 0) is 37.1 Å². The summed E-state index contributed by atoms with van der Waals surface area (Å²) in [6.45, 7) is 12.3. The number of unbranched alkanes of at least 4 members (excludes halogenated alkanes) is 1. The van der Waals surface area contributed by atoms with E-state index in [9.17, 15) is 0 Å². The first kappa shape index (κ1) is 24.7. The van der Waals surface area contributed by atoms with Crippen LogP contribution in [0.2, 0.25) is 0 Å². The summed E-state index contributed by atoms with van der Waals surface area (Å²) in [5.41, 5.74) is 10.0. The Bertz CT molecular complexity index is 942. The van der Waals surface area contributed by atoms with Crippen LogP contribution in [0, 0.1) is 4.51 Å². The Labute approximate surface area is 184 Å². The third kappa shape index (κ3) is 6.91. The number of aromatic nitrogens is 1. The average molecular weight is 429 g/mol. The molecule has 0 amide bonds. The van der Waals surface area contributed by atoms with Crippen LogP contribution >= 0.6 is 24.2 Å². The summed E-state index contributed by atoms with van der Waals surface area (Å²) >= 11 is 7.28. The molecule has 1 atom stereocenters. The van der Waals surface area contributed by atoms with Crippen LogP contribution in [-0.2, 0) is 0 Å². The monoisotopic (exact) mass is 428 g/mol. The van der Waals surface area contributed by atoms with E-state index in [4.69, 9.17) is 18.0 Å². The first-order valence-electron chi connectivity index (χ1n) is 9.63. The summed E-state index contributed by atoms with van der Waals surface area (Å²) in [5, 5.41) is 0.978. The second-order valence-corrected chi connectivity index (χ2v) is 7.36. The molecule has 4 nitrogen and oxygen atoms in total. The molecule has 0 saturated carbocycles. The zero-order valence-electron chi connectivity index (χ0n) is 17.8. The molecule has 2 rings (SSSR count). The van der Waals surface area contributed by atoms with Crippen molar-refractivity contribution in [1.82, 2.24) is 9.71 Å². The summed E-state index contributed by atoms with van der Waals surface area (Å²) in [5.74, 6) is 0.749. The van der Waals surface area contributed by atoms with Gasteiger partial charge in [0.25, 0.3) is 0 Å². The molecule has 4 N–H and O–H groups in total. The number of fused-ring (bicyclic) bond motifs is 1. The fourth-order valence-electron chi connectivity index (χ4n) is 2.80. The van der Waals surface area contributed by atoms with Gasteiger partial charge in [0.1, 0.15) is 11.5 Å². The highest BCUT2D eigenvalue weighted by Gasteiger charge is 2.10. The van der Waals surface area contributed by atoms with Gasteiger partial charge in [0.2, 0.25) is 0 Å². The molecule has 1 aromatic carbocycles. The maximum atomic E-state index is 6.14. The highest BCUT2D eigenvalue weighted by Crippen LogP contribution is 2.30. The van der Waals surface area contributed by atoms with E-state index in [-0.39, 0.29) is 5.92 Å². The third-order valence-electron chi connectivity index (χ3n) is 4.19. The molecule has 2 aromatic rings. The largest absolute Gasteiger partial charge is 0.383 e. The Morgan fingerprint density at radius 3 is 2.76 bits per heavy atom. The van der Waals surface area contributed by atoms with Crippen molar-refractivity contribution < 1.29 is 0 Å². The minimum absolute atomic E-state index is 0.235. The highest BCUT2D eigenvalue weighted by atomic mass is 32.2. The number of nitrogen functional groups attached to an aromatic ring is 1. The minimum Gasteiger partial charge on any atom is -0.383 e. The van der Waals surface area contributed by atoms with E-state index in [2.05, 4.69) is 66.0 Å². The zero-order valence-corrected chi connectivity index (χ0v) is 19.4. The van der Waals surface area contributed by atoms with Gasteiger partial charge in [-0.2, -0.15) is 0 Å². The van der Waals surface area contributed by atoms with E-state index in [1.165, 1.54) is 5.56 Å². The summed E-state index contributed by atoms with van der Waals surface area (Å²) in [6.07, 6.45) is 12.2. The minimum atomic E-state index is 0.235. The van der Waals surface area contributed by atoms with Crippen molar-refractivity contribution in [1.29, 1.82) is 0 Å². The number of nitrogens with one attached hydrogen (secondary N) is 2. The summed E-state index contributed by atoms with van der Waals surface area (Å²) in [6, 6.07) is 6.29. The number of hydrogen-bond acceptors (Lipinski definition) is 5. The molecule has 0 spiro atoms. The van der Waals surface area contributed by atoms with Gasteiger partial charge in [0.15, 0.2) is 0 Å². The first-order valence-corrected chi connectivity index (χ1v) is 11.3. The van der Waals surface area contributed by atoms with Crippen molar-refractivity contribution in [3.63, 3.8) is 0 Å². The molecule has 156 valence electrons. The number of rotatable bonds is 8. The normalized spacial score (nSPS) is 12.9. The lowest BCUT2D eigenvalue weighted by molar-refractivity contribution is 0.951. The molecular formula is C23H32N4S2. The van der Waals surface area contributed by atoms with Crippen molar-refractivity contribution in [2.75, 3.05) is 12.0 Å². The van der Waals surface area contributed by atoms with E-state index < -0.39 is 0 Å². The summed E-state index contributed by atoms with van der Waals surface area (Å²) in [4.78, 5) is 7.73. The van der Waals surface area contributed by atoms with Crippen molar-refractivity contribution in [3.8, 4) is 0 Å². The van der Waals surface area contributed by atoms with Crippen LogP contribution in [0.15, 0.2) is 60.3 Å². The maximum absolute atomic E-state index is 6.14. The van der Waals surface area contributed by atoms with Crippen LogP contribution in [-0.4, -0.2) is 17.5 Å². The first-order chi connectivity index (χ1) is 14.0. The smallest absolute Gasteiger partial charge is 0.128 e. The fourth-order valence-corrected chi connectivity index (χ4v) is 3.50. The Kier molecular flexibility index (Phi) is 11.1. The summed E-state index contributed by atoms with van der Waals surface area (Å²) < 4.78 is 4.00. The molecule has 0 aliphatic carbocycles. The van der Waals surface area contributed by atoms with Gasteiger partial charge < -0.3 is 15.4 Å². The quantitative estimate of drug-likeness (QED) is 0.137. The van der Waals surface area contributed by atoms with E-state index in [1.54, 1.807) is 11.9 Å². The van der Waals surface area contributed by atoms with E-state index in [1.807, 2.05) is 31.5 Å². The predicted octanol–water partition coefficient (Wildman–Crippen LogP) is 7.22. The van der Waals surface area contributed by atoms with Crippen molar-refractivity contribution >= 4 is 52.8 Å². The summed E-state index contributed by atoms with van der Waals surface area (Å²) in [7, 11) is 0. The van der Waals surface area contributed by atoms with Crippen LogP contribution in [0.4, 0.5) is 11.5 Å². The van der Waals surface area contributed by atoms with Gasteiger partial charge in [-0.15, -0.1) is 13.2 Å². The van der Waals surface area contributed by atoms with Gasteiger partial charge >= 0.3 is 0 Å². The standard InChI is InChI=1S/C21H28N4S2.C2H4/c1-5-7-11-23-19-20(26)17-13-15(9-10-18(17)24-21(19)22)14(3)12-16(8-6-2)25-27-4;1-2/h6,8-14,25H,5,7H2,1-4H3,(H3,22,24,26);1-2H2/b8-6-,16-12+,23-11?;. The number of anilines is 1. The Hall–Kier alpha value is -2.31. The molecule has 0 bridgehead atoms. The number of aromatic amines is 1. The van der Waals surface area contributed by atoms with E-state index in [0.29, 0.717) is 16.0 Å². The lowest BCUT2D eigenvalue weighted by atomic mass is 9.98. The fraction of sp³-hybridized carbons (Fsp3) is 0.304. The molecule has 0 saturated heterocycles. The molecule has 0 fully saturated rings. The topological polar surface area (TPSA) is 66.2 Å². The number of allylic oxidation sites excluding steroid dienone is 3. The van der Waals surface area contributed by atoms with Gasteiger partial charge in [-0.1, -0.05) is 62.7 Å². The maximum Gasteiger partial charge on any atom is 0.128 e. The second-order valence-electron chi connectivity index (χ2n) is 6.34. The number of benzene rings is 1. The molecule has 6 heteroatoms. The van der Waals surface area contributed by atoms with Gasteiger partial charge in [-0.25, -0.2) is 0 Å². The molecule has 29 heavy (non-hydrogen) atoms. The highest BCUT2D eigenvalue weighted by molar-refractivity contribution is 7.96. The van der Waals surface area contributed by atoms with E-state index in [0.717, 1.165) is 29.4 Å². The number of pyridine rings is 1. The number of nitrogens with two attached hydrogens (primary N) is 1. The molecule has 1 unspecified atom stereocenters. The van der Waals surface area contributed by atoms with Crippen LogP contribution in [0.25, 0.3) is 10.9 Å². The lowest BCUT2D eigenvalue weighted by Crippen LogP contribution is -2.02. The van der Waals surface area contributed by atoms with Crippen LogP contribution < -0.4 is 10.5 Å². The SMILES string of the molecule is C/C=C\C(=C/C(C)c1ccc2[nH]c(N)c(N=CCCC)c(=S)c2c1)NSC.C=C. The molecular weight excluding hydrogens is 396 g/mol. The number of hydrogen-bond donors (Lipinski definition) is 3. The average Bonchev–Trinajstić information content (AvgIpc) is 2.72. The zero-order chi connectivity index (χ0) is 21.8. The van der Waals surface area contributed by atoms with Crippen molar-refractivity contribution in [2.45, 2.75) is 39.5 Å². The van der Waals surface area contributed by atoms with Gasteiger partial charge in [0, 0.05) is 35.0 Å². The van der Waals surface area contributed by atoms with Crippen molar-refractivity contribution in [3.05, 3.63) is 65.4 Å². The lowest BCUT2D eigenvalue weighted by Gasteiger charge is -2.12. The van der Waals surface area contributed by atoms with Crippen LogP contribution in [0.3, 0.4) is 0 Å². The Morgan fingerprint density at radius 2 is 2.14 bits per heavy atom. The van der Waals surface area contributed by atoms with E-state index >= 15 is 0 Å². The molecule has 0 aliphatic rings. The number of H-pyrrole nitrogens is 1. The van der Waals surface area contributed by atoms with Crippen LogP contribution in [0.1, 0.15) is 45.1 Å². The predicted molar refractivity (Wildman–Crippen MR) is 136 cm³/mol. The van der Waals surface area contributed by atoms with Gasteiger partial charge in [-0.3, -0.25) is 4.99 Å². The molecule has 1 heterocycles. The second kappa shape index (κ2) is 13.0. The molecule has 0 radical (unpaired) electrons. The Balaban J connectivity index is 0.00000204. The van der Waals surface area contributed by atoms with Crippen LogP contribution in [0.5, 0.6) is 0 Å².